The number of hydrogen-bond acceptors (Lipinski definition) is 1. The highest BCUT2D eigenvalue weighted by atomic mass is 16.4. The first-order chi connectivity index (χ1) is 7.22. The minimum Gasteiger partial charge on any atom is -0.481 e. The molecule has 0 spiro atoms. The van der Waals surface area contributed by atoms with Crippen LogP contribution in [0.2, 0.25) is 0 Å². The lowest BCUT2D eigenvalue weighted by Crippen LogP contribution is -2.12. The van der Waals surface area contributed by atoms with E-state index in [0.29, 0.717) is 0 Å². The van der Waals surface area contributed by atoms with Gasteiger partial charge in [-0.2, -0.15) is 0 Å². The second kappa shape index (κ2) is 10.0. The predicted octanol–water partition coefficient (Wildman–Crippen LogP) is 4.24. The number of hydrogen-bond donors (Lipinski definition) is 1. The van der Waals surface area contributed by atoms with Crippen LogP contribution in [0.3, 0.4) is 0 Å². The van der Waals surface area contributed by atoms with Gasteiger partial charge >= 0.3 is 5.97 Å². The Bertz CT molecular complexity index is 155. The summed E-state index contributed by atoms with van der Waals surface area (Å²) in [6, 6.07) is 0. The number of carboxylic acid groups (broad SMARTS) is 1. The van der Waals surface area contributed by atoms with E-state index in [0.717, 1.165) is 19.3 Å². The van der Waals surface area contributed by atoms with Crippen LogP contribution >= 0.6 is 0 Å². The first kappa shape index (κ1) is 14.5. The lowest BCUT2D eigenvalue weighted by atomic mass is 9.98. The normalized spacial score (nSPS) is 12.7. The number of carbonyl (C=O) groups is 1. The molecule has 0 bridgehead atoms. The molecule has 15 heavy (non-hydrogen) atoms. The van der Waals surface area contributed by atoms with Gasteiger partial charge in [-0.05, 0) is 12.8 Å². The molecule has 90 valence electrons. The van der Waals surface area contributed by atoms with Crippen molar-refractivity contribution < 1.29 is 9.90 Å². The summed E-state index contributed by atoms with van der Waals surface area (Å²) in [6.07, 6.45) is 10.5. The number of aliphatic carboxylic acids is 1. The zero-order valence-corrected chi connectivity index (χ0v) is 10.3. The van der Waals surface area contributed by atoms with Gasteiger partial charge in [0.15, 0.2) is 0 Å². The van der Waals surface area contributed by atoms with E-state index in [2.05, 4.69) is 6.92 Å². The van der Waals surface area contributed by atoms with Gasteiger partial charge in [-0.25, -0.2) is 0 Å². The van der Waals surface area contributed by atoms with Crippen molar-refractivity contribution in [3.63, 3.8) is 0 Å². The molecule has 1 atom stereocenters. The van der Waals surface area contributed by atoms with Crippen molar-refractivity contribution in [2.75, 3.05) is 0 Å². The summed E-state index contributed by atoms with van der Waals surface area (Å²) in [5.74, 6) is -0.732. The van der Waals surface area contributed by atoms with E-state index >= 15 is 0 Å². The molecule has 0 radical (unpaired) electrons. The number of rotatable bonds is 10. The van der Waals surface area contributed by atoms with Crippen LogP contribution in [0, 0.1) is 5.92 Å². The molecule has 0 aliphatic rings. The Morgan fingerprint density at radius 3 is 2.00 bits per heavy atom. The van der Waals surface area contributed by atoms with Gasteiger partial charge < -0.3 is 5.11 Å². The van der Waals surface area contributed by atoms with Crippen molar-refractivity contribution in [3.05, 3.63) is 0 Å². The van der Waals surface area contributed by atoms with Crippen molar-refractivity contribution in [1.29, 1.82) is 0 Å². The number of unbranched alkanes of at least 4 members (excludes halogenated alkanes) is 6. The maximum atomic E-state index is 10.7. The van der Waals surface area contributed by atoms with Crippen LogP contribution in [0.4, 0.5) is 0 Å². The Morgan fingerprint density at radius 1 is 1.00 bits per heavy atom. The van der Waals surface area contributed by atoms with Crippen LogP contribution in [0.25, 0.3) is 0 Å². The van der Waals surface area contributed by atoms with Crippen molar-refractivity contribution in [2.24, 2.45) is 5.92 Å². The van der Waals surface area contributed by atoms with Gasteiger partial charge in [0.05, 0.1) is 5.92 Å². The quantitative estimate of drug-likeness (QED) is 0.552. The average molecular weight is 214 g/mol. The third-order valence-corrected chi connectivity index (χ3v) is 3.00. The van der Waals surface area contributed by atoms with E-state index in [9.17, 15) is 4.79 Å². The van der Waals surface area contributed by atoms with Gasteiger partial charge in [-0.15, -0.1) is 0 Å². The summed E-state index contributed by atoms with van der Waals surface area (Å²) >= 11 is 0. The van der Waals surface area contributed by atoms with Gasteiger partial charge in [0.1, 0.15) is 0 Å². The van der Waals surface area contributed by atoms with Crippen molar-refractivity contribution in [1.82, 2.24) is 0 Å². The van der Waals surface area contributed by atoms with Gasteiger partial charge in [-0.1, -0.05) is 58.8 Å². The molecule has 0 fully saturated rings. The molecule has 0 aromatic heterocycles. The predicted molar refractivity (Wildman–Crippen MR) is 64.0 cm³/mol. The molecular formula is C13H26O2. The van der Waals surface area contributed by atoms with Gasteiger partial charge in [-0.3, -0.25) is 4.79 Å². The second-order valence-corrected chi connectivity index (χ2v) is 4.35. The molecular weight excluding hydrogens is 188 g/mol. The zero-order valence-electron chi connectivity index (χ0n) is 10.3. The van der Waals surface area contributed by atoms with E-state index in [-0.39, 0.29) is 5.92 Å². The van der Waals surface area contributed by atoms with Gasteiger partial charge in [0.25, 0.3) is 0 Å². The summed E-state index contributed by atoms with van der Waals surface area (Å²) in [5, 5.41) is 8.85. The topological polar surface area (TPSA) is 37.3 Å². The van der Waals surface area contributed by atoms with E-state index in [1.165, 1.54) is 38.5 Å². The molecule has 0 saturated carbocycles. The maximum Gasteiger partial charge on any atom is 0.306 e. The van der Waals surface area contributed by atoms with Crippen molar-refractivity contribution in [3.8, 4) is 0 Å². The molecule has 0 amide bonds. The third-order valence-electron chi connectivity index (χ3n) is 3.00. The van der Waals surface area contributed by atoms with Crippen LogP contribution < -0.4 is 0 Å². The van der Waals surface area contributed by atoms with Crippen LogP contribution in [0.1, 0.15) is 71.6 Å². The van der Waals surface area contributed by atoms with Crippen LogP contribution in [0.5, 0.6) is 0 Å². The fraction of sp³-hybridized carbons (Fsp3) is 0.923. The van der Waals surface area contributed by atoms with E-state index in [4.69, 9.17) is 5.11 Å². The minimum atomic E-state index is -0.622. The summed E-state index contributed by atoms with van der Waals surface area (Å²) in [7, 11) is 0. The van der Waals surface area contributed by atoms with Gasteiger partial charge in [0, 0.05) is 0 Å². The SMILES string of the molecule is CCCCCCCCCC(CC)C(=O)O. The van der Waals surface area contributed by atoms with Crippen molar-refractivity contribution >= 4 is 5.97 Å². The molecule has 0 aliphatic carbocycles. The summed E-state index contributed by atoms with van der Waals surface area (Å²) < 4.78 is 0. The maximum absolute atomic E-state index is 10.7. The largest absolute Gasteiger partial charge is 0.481 e. The molecule has 0 heterocycles. The highest BCUT2D eigenvalue weighted by Crippen LogP contribution is 2.15. The minimum absolute atomic E-state index is 0.111. The average Bonchev–Trinajstić information content (AvgIpc) is 2.21. The Kier molecular flexibility index (Phi) is 9.65. The van der Waals surface area contributed by atoms with Gasteiger partial charge in [0.2, 0.25) is 0 Å². The molecule has 1 unspecified atom stereocenters. The molecule has 0 aromatic carbocycles. The second-order valence-electron chi connectivity index (χ2n) is 4.35. The summed E-state index contributed by atoms with van der Waals surface area (Å²) in [6.45, 7) is 4.18. The molecule has 1 N–H and O–H groups in total. The third kappa shape index (κ3) is 8.46. The van der Waals surface area contributed by atoms with E-state index < -0.39 is 5.97 Å². The van der Waals surface area contributed by atoms with E-state index in [1.807, 2.05) is 6.92 Å². The Balaban J connectivity index is 3.25. The molecule has 0 rings (SSSR count). The van der Waals surface area contributed by atoms with E-state index in [1.54, 1.807) is 0 Å². The molecule has 2 nitrogen and oxygen atoms in total. The Morgan fingerprint density at radius 2 is 1.53 bits per heavy atom. The highest BCUT2D eigenvalue weighted by Gasteiger charge is 2.13. The fourth-order valence-electron chi connectivity index (χ4n) is 1.85. The highest BCUT2D eigenvalue weighted by molar-refractivity contribution is 5.69. The Labute approximate surface area is 94.1 Å². The first-order valence-corrected chi connectivity index (χ1v) is 6.45. The lowest BCUT2D eigenvalue weighted by molar-refractivity contribution is -0.142. The standard InChI is InChI=1S/C13H26O2/c1-3-5-6-7-8-9-10-11-12(4-2)13(14)15/h12H,3-11H2,1-2H3,(H,14,15). The van der Waals surface area contributed by atoms with Crippen LogP contribution in [0.15, 0.2) is 0 Å². The Hall–Kier alpha value is -0.530. The monoisotopic (exact) mass is 214 g/mol. The first-order valence-electron chi connectivity index (χ1n) is 6.45. The molecule has 0 aliphatic heterocycles. The summed E-state index contributed by atoms with van der Waals surface area (Å²) in [4.78, 5) is 10.7. The van der Waals surface area contributed by atoms with Crippen LogP contribution in [-0.2, 0) is 4.79 Å². The van der Waals surface area contributed by atoms with Crippen molar-refractivity contribution in [2.45, 2.75) is 71.6 Å². The lowest BCUT2D eigenvalue weighted by Gasteiger charge is -2.08. The molecule has 2 heteroatoms. The van der Waals surface area contributed by atoms with Crippen LogP contribution in [-0.4, -0.2) is 11.1 Å². The molecule has 0 aromatic rings. The smallest absolute Gasteiger partial charge is 0.306 e. The zero-order chi connectivity index (χ0) is 11.5. The molecule has 0 saturated heterocycles. The number of carboxylic acids is 1. The fourth-order valence-corrected chi connectivity index (χ4v) is 1.85. The summed E-state index contributed by atoms with van der Waals surface area (Å²) in [5.41, 5.74) is 0.